The Kier molecular flexibility index (Phi) is 7.23. The van der Waals surface area contributed by atoms with Crippen LogP contribution in [0.25, 0.3) is 0 Å². The van der Waals surface area contributed by atoms with Gasteiger partial charge in [-0.1, -0.05) is 0 Å². The average molecular weight is 208 g/mol. The first-order chi connectivity index (χ1) is 4.87. The predicted octanol–water partition coefficient (Wildman–Crippen LogP) is -5.65. The van der Waals surface area contributed by atoms with Crippen molar-refractivity contribution >= 4 is 16.4 Å². The van der Waals surface area contributed by atoms with E-state index in [0.29, 0.717) is 0 Å². The van der Waals surface area contributed by atoms with Crippen LogP contribution in [-0.2, 0) is 19.4 Å². The van der Waals surface area contributed by atoms with Gasteiger partial charge in [-0.15, -0.1) is 0 Å². The van der Waals surface area contributed by atoms with Gasteiger partial charge in [-0.25, -0.2) is 13.2 Å². The van der Waals surface area contributed by atoms with E-state index in [1.165, 1.54) is 0 Å². The average Bonchev–Trinajstić information content (AvgIpc) is 1.82. The molecular weight excluding hydrogens is 203 g/mol. The largest absolute Gasteiger partial charge is 1.00 e. The molecule has 0 saturated carbocycles. The van der Waals surface area contributed by atoms with E-state index in [9.17, 15) is 17.8 Å². The minimum Gasteiger partial charge on any atom is -0.716 e. The van der Waals surface area contributed by atoms with Gasteiger partial charge in [-0.05, 0) is 0 Å². The Labute approximate surface area is 90.6 Å². The molecule has 0 radical (unpaired) electrons. The van der Waals surface area contributed by atoms with Crippen molar-refractivity contribution in [2.24, 2.45) is 0 Å². The first-order valence-electron chi connectivity index (χ1n) is 2.35. The van der Waals surface area contributed by atoms with Crippen molar-refractivity contribution in [2.75, 3.05) is 6.61 Å². The van der Waals surface area contributed by atoms with E-state index in [4.69, 9.17) is 10.2 Å². The van der Waals surface area contributed by atoms with E-state index < -0.39 is 29.1 Å². The molecule has 0 aromatic heterocycles. The van der Waals surface area contributed by atoms with Crippen molar-refractivity contribution in [1.29, 1.82) is 0 Å². The third-order valence-corrected chi connectivity index (χ3v) is 0.998. The van der Waals surface area contributed by atoms with Crippen LogP contribution in [0.4, 0.5) is 0 Å². The minimum absolute atomic E-state index is 0. The van der Waals surface area contributed by atoms with E-state index >= 15 is 0 Å². The molecule has 0 rings (SSSR count). The molecule has 0 bridgehead atoms. The molecule has 0 spiro atoms. The van der Waals surface area contributed by atoms with Gasteiger partial charge in [0.2, 0.25) is 0 Å². The van der Waals surface area contributed by atoms with E-state index in [1.54, 1.807) is 0 Å². The summed E-state index contributed by atoms with van der Waals surface area (Å²) in [7, 11) is -5.15. The van der Waals surface area contributed by atoms with E-state index in [1.807, 2.05) is 0 Å². The molecule has 0 amide bonds. The molecule has 2 N–H and O–H groups in total. The van der Waals surface area contributed by atoms with Gasteiger partial charge in [-0.2, -0.15) is 0 Å². The summed E-state index contributed by atoms with van der Waals surface area (Å²) in [5.41, 5.74) is 0. The van der Waals surface area contributed by atoms with Crippen LogP contribution in [0.5, 0.6) is 0 Å². The molecule has 0 aliphatic rings. The molecule has 66 valence electrons. The second-order valence-corrected chi connectivity index (χ2v) is 2.49. The number of aliphatic hydroxyl groups is 2. The summed E-state index contributed by atoms with van der Waals surface area (Å²) in [5.74, 6) is -1.69. The van der Waals surface area contributed by atoms with Crippen LogP contribution in [0.3, 0.4) is 0 Å². The van der Waals surface area contributed by atoms with Crippen LogP contribution in [0.15, 0.2) is 0 Å². The number of carbonyl (C=O) groups is 1. The molecule has 12 heavy (non-hydrogen) atoms. The van der Waals surface area contributed by atoms with Gasteiger partial charge in [0.25, 0.3) is 10.4 Å². The van der Waals surface area contributed by atoms with Gasteiger partial charge < -0.3 is 18.9 Å². The maximum atomic E-state index is 10.2. The molecule has 9 heteroatoms. The Morgan fingerprint density at radius 3 is 2.25 bits per heavy atom. The molecular formula is C3H5NaO7S. The molecule has 0 aliphatic heterocycles. The SMILES string of the molecule is O=C(OS(=O)(=O)[O-])C(O)CO.[Na+]. The standard InChI is InChI=1S/C3H6O7S.Na/c4-1-2(5)3(6)10-11(7,8)9;/h2,4-5H,1H2,(H,7,8,9);/q;+1/p-1. The summed E-state index contributed by atoms with van der Waals surface area (Å²) in [5, 5.41) is 16.4. The zero-order chi connectivity index (χ0) is 9.07. The van der Waals surface area contributed by atoms with Crippen molar-refractivity contribution in [2.45, 2.75) is 6.10 Å². The van der Waals surface area contributed by atoms with E-state index in [2.05, 4.69) is 4.18 Å². The third-order valence-electron chi connectivity index (χ3n) is 0.629. The normalized spacial score (nSPS) is 12.9. The second kappa shape index (κ2) is 5.86. The van der Waals surface area contributed by atoms with Gasteiger partial charge >= 0.3 is 35.5 Å². The molecule has 1 atom stereocenters. The quantitative estimate of drug-likeness (QED) is 0.269. The van der Waals surface area contributed by atoms with Crippen LogP contribution in [-0.4, -0.2) is 41.9 Å². The molecule has 1 unspecified atom stereocenters. The zero-order valence-corrected chi connectivity index (χ0v) is 8.94. The van der Waals surface area contributed by atoms with Crippen LogP contribution < -0.4 is 29.6 Å². The first-order valence-corrected chi connectivity index (χ1v) is 3.68. The third kappa shape index (κ3) is 6.98. The van der Waals surface area contributed by atoms with Crippen LogP contribution in [0, 0.1) is 0 Å². The van der Waals surface area contributed by atoms with Gasteiger partial charge in [0.1, 0.15) is 0 Å². The smallest absolute Gasteiger partial charge is 0.716 e. The summed E-state index contributed by atoms with van der Waals surface area (Å²) in [6, 6.07) is 0. The van der Waals surface area contributed by atoms with Crippen molar-refractivity contribution in [1.82, 2.24) is 0 Å². The van der Waals surface area contributed by atoms with E-state index in [0.717, 1.165) is 0 Å². The Balaban J connectivity index is 0. The first kappa shape index (κ1) is 14.8. The Morgan fingerprint density at radius 2 is 2.00 bits per heavy atom. The predicted molar refractivity (Wildman–Crippen MR) is 28.9 cm³/mol. The van der Waals surface area contributed by atoms with Crippen molar-refractivity contribution < 1.29 is 61.7 Å². The van der Waals surface area contributed by atoms with E-state index in [-0.39, 0.29) is 29.6 Å². The number of hydrogen-bond acceptors (Lipinski definition) is 7. The van der Waals surface area contributed by atoms with Gasteiger partial charge in [0, 0.05) is 0 Å². The van der Waals surface area contributed by atoms with Crippen LogP contribution in [0.1, 0.15) is 0 Å². The fraction of sp³-hybridized carbons (Fsp3) is 0.667. The fourth-order valence-corrected chi connectivity index (χ4v) is 0.543. The summed E-state index contributed by atoms with van der Waals surface area (Å²) in [6.45, 7) is -1.01. The summed E-state index contributed by atoms with van der Waals surface area (Å²) in [6.07, 6.45) is -2.00. The monoisotopic (exact) mass is 208 g/mol. The summed E-state index contributed by atoms with van der Waals surface area (Å²) >= 11 is 0. The molecule has 0 aliphatic carbocycles. The molecule has 0 aromatic carbocycles. The Morgan fingerprint density at radius 1 is 1.58 bits per heavy atom. The van der Waals surface area contributed by atoms with Crippen molar-refractivity contribution in [3.8, 4) is 0 Å². The number of hydrogen-bond donors (Lipinski definition) is 2. The number of rotatable bonds is 3. The molecule has 0 fully saturated rings. The molecule has 0 saturated heterocycles. The molecule has 0 heterocycles. The topological polar surface area (TPSA) is 124 Å². The summed E-state index contributed by atoms with van der Waals surface area (Å²) in [4.78, 5) is 10.2. The molecule has 0 aromatic rings. The maximum Gasteiger partial charge on any atom is 1.00 e. The van der Waals surface area contributed by atoms with Gasteiger partial charge in [-0.3, -0.25) is 0 Å². The van der Waals surface area contributed by atoms with Gasteiger partial charge in [0.15, 0.2) is 6.10 Å². The van der Waals surface area contributed by atoms with Crippen molar-refractivity contribution in [3.63, 3.8) is 0 Å². The second-order valence-electron chi connectivity index (χ2n) is 1.51. The number of aliphatic hydroxyl groups excluding tert-OH is 2. The van der Waals surface area contributed by atoms with Gasteiger partial charge in [0.05, 0.1) is 6.61 Å². The fourth-order valence-electron chi connectivity index (χ4n) is 0.231. The van der Waals surface area contributed by atoms with Crippen LogP contribution >= 0.6 is 0 Å². The van der Waals surface area contributed by atoms with Crippen LogP contribution in [0.2, 0.25) is 0 Å². The minimum atomic E-state index is -5.15. The summed E-state index contributed by atoms with van der Waals surface area (Å²) < 4.78 is 32.2. The molecule has 7 nitrogen and oxygen atoms in total. The Hall–Kier alpha value is 0.300. The number of carbonyl (C=O) groups excluding carboxylic acids is 1. The maximum absolute atomic E-state index is 10.2. The zero-order valence-electron chi connectivity index (χ0n) is 6.13. The van der Waals surface area contributed by atoms with Crippen molar-refractivity contribution in [3.05, 3.63) is 0 Å². The Bertz CT molecular complexity index is 233.